The van der Waals surface area contributed by atoms with Crippen molar-refractivity contribution >= 4 is 38.4 Å². The highest BCUT2D eigenvalue weighted by Gasteiger charge is 2.28. The van der Waals surface area contributed by atoms with E-state index in [9.17, 15) is 9.18 Å². The highest BCUT2D eigenvalue weighted by Crippen LogP contribution is 2.44. The molecule has 9 heteroatoms. The van der Waals surface area contributed by atoms with Gasteiger partial charge in [0, 0.05) is 16.6 Å². The van der Waals surface area contributed by atoms with Gasteiger partial charge in [-0.15, -0.1) is 10.2 Å². The van der Waals surface area contributed by atoms with Crippen LogP contribution in [0, 0.1) is 5.82 Å². The molecule has 134 valence electrons. The van der Waals surface area contributed by atoms with Crippen molar-refractivity contribution in [2.24, 2.45) is 5.73 Å². The van der Waals surface area contributed by atoms with Gasteiger partial charge in [-0.2, -0.15) is 0 Å². The van der Waals surface area contributed by atoms with E-state index in [0.717, 1.165) is 47.3 Å². The molecule has 0 radical (unpaired) electrons. The molecule has 1 unspecified atom stereocenters. The van der Waals surface area contributed by atoms with Crippen LogP contribution in [0.25, 0.3) is 0 Å². The van der Waals surface area contributed by atoms with Gasteiger partial charge in [-0.1, -0.05) is 33.3 Å². The Balaban J connectivity index is 0.000000150. The fourth-order valence-corrected chi connectivity index (χ4v) is 4.06. The number of nitrogens with two attached hydrogens (primary N) is 1. The molecular formula is C16H18BrFN4O2S. The molecule has 1 aliphatic carbocycles. The van der Waals surface area contributed by atoms with Gasteiger partial charge >= 0.3 is 6.03 Å². The zero-order chi connectivity index (χ0) is 17.8. The number of amides is 2. The molecule has 6 nitrogen and oxygen atoms in total. The van der Waals surface area contributed by atoms with Gasteiger partial charge in [0.15, 0.2) is 0 Å². The highest BCUT2D eigenvalue weighted by atomic mass is 79.9. The van der Waals surface area contributed by atoms with Crippen LogP contribution < -0.4 is 11.1 Å². The van der Waals surface area contributed by atoms with Crippen molar-refractivity contribution in [3.63, 3.8) is 0 Å². The minimum absolute atomic E-state index is 0.0379. The van der Waals surface area contributed by atoms with E-state index in [1.54, 1.807) is 6.07 Å². The van der Waals surface area contributed by atoms with Crippen LogP contribution in [0.3, 0.4) is 0 Å². The Bertz CT molecular complexity index is 727. The first-order valence-corrected chi connectivity index (χ1v) is 9.61. The third kappa shape index (κ3) is 4.96. The zero-order valence-corrected chi connectivity index (χ0v) is 15.8. The van der Waals surface area contributed by atoms with E-state index in [2.05, 4.69) is 31.4 Å². The van der Waals surface area contributed by atoms with Crippen LogP contribution in [0.15, 0.2) is 22.7 Å². The first kappa shape index (κ1) is 18.2. The molecule has 1 saturated heterocycles. The molecule has 0 bridgehead atoms. The van der Waals surface area contributed by atoms with Gasteiger partial charge in [0.25, 0.3) is 0 Å². The van der Waals surface area contributed by atoms with Crippen LogP contribution in [0.2, 0.25) is 0 Å². The molecule has 2 heterocycles. The van der Waals surface area contributed by atoms with E-state index in [4.69, 9.17) is 10.5 Å². The lowest BCUT2D eigenvalue weighted by molar-refractivity contribution is 0.111. The quantitative estimate of drug-likeness (QED) is 0.760. The number of ether oxygens (including phenoxy) is 1. The monoisotopic (exact) mass is 428 g/mol. The summed E-state index contributed by atoms with van der Waals surface area (Å²) in [6, 6.07) is 4.53. The summed E-state index contributed by atoms with van der Waals surface area (Å²) in [4.78, 5) is 10.5. The molecule has 0 spiro atoms. The van der Waals surface area contributed by atoms with Gasteiger partial charge < -0.3 is 10.5 Å². The Morgan fingerprint density at radius 3 is 2.76 bits per heavy atom. The summed E-state index contributed by atoms with van der Waals surface area (Å²) < 4.78 is 19.4. The van der Waals surface area contributed by atoms with E-state index in [1.807, 2.05) is 6.07 Å². The normalized spacial score (nSPS) is 19.2. The van der Waals surface area contributed by atoms with Crippen LogP contribution in [0.5, 0.6) is 0 Å². The van der Waals surface area contributed by atoms with Crippen molar-refractivity contribution in [2.75, 3.05) is 11.9 Å². The van der Waals surface area contributed by atoms with E-state index < -0.39 is 6.03 Å². The molecule has 2 amide bonds. The average molecular weight is 429 g/mol. The number of urea groups is 1. The molecule has 1 aromatic heterocycles. The second kappa shape index (κ2) is 8.20. The third-order valence-corrected chi connectivity index (χ3v) is 5.48. The maximum Gasteiger partial charge on any atom is 0.318 e. The number of carbonyl (C=O) groups is 1. The lowest BCUT2D eigenvalue weighted by Crippen LogP contribution is -2.18. The van der Waals surface area contributed by atoms with Crippen molar-refractivity contribution in [3.8, 4) is 0 Å². The molecule has 1 saturated carbocycles. The van der Waals surface area contributed by atoms with Crippen LogP contribution in [0.1, 0.15) is 48.3 Å². The van der Waals surface area contributed by atoms with Gasteiger partial charge in [-0.25, -0.2) is 9.18 Å². The van der Waals surface area contributed by atoms with E-state index in [0.29, 0.717) is 11.0 Å². The molecule has 2 fully saturated rings. The first-order chi connectivity index (χ1) is 12.0. The third-order valence-electron chi connectivity index (χ3n) is 3.86. The maximum absolute atomic E-state index is 13.1. The second-order valence-electron chi connectivity index (χ2n) is 5.85. The average Bonchev–Trinajstić information content (AvgIpc) is 3.06. The highest BCUT2D eigenvalue weighted by molar-refractivity contribution is 9.10. The molecule has 1 aliphatic heterocycles. The molecule has 2 aromatic rings. The number of nitrogens with zero attached hydrogens (tertiary/aromatic N) is 2. The predicted molar refractivity (Wildman–Crippen MR) is 97.1 cm³/mol. The fourth-order valence-electron chi connectivity index (χ4n) is 2.57. The molecule has 2 aliphatic rings. The molecule has 1 atom stereocenters. The smallest absolute Gasteiger partial charge is 0.318 e. The number of nitrogens with one attached hydrogen (secondary N) is 1. The van der Waals surface area contributed by atoms with Gasteiger partial charge in [0.2, 0.25) is 5.13 Å². The summed E-state index contributed by atoms with van der Waals surface area (Å²) in [5.74, 6) is 0.410. The molecular weight excluding hydrogens is 411 g/mol. The maximum atomic E-state index is 13.1. The van der Waals surface area contributed by atoms with Crippen molar-refractivity contribution in [1.82, 2.24) is 10.2 Å². The van der Waals surface area contributed by atoms with Gasteiger partial charge in [-0.05, 0) is 43.7 Å². The molecule has 25 heavy (non-hydrogen) atoms. The number of benzene rings is 1. The van der Waals surface area contributed by atoms with Crippen LogP contribution in [-0.4, -0.2) is 22.8 Å². The van der Waals surface area contributed by atoms with E-state index >= 15 is 0 Å². The number of anilines is 1. The first-order valence-electron chi connectivity index (χ1n) is 8.00. The van der Waals surface area contributed by atoms with Crippen LogP contribution in [-0.2, 0) is 4.74 Å². The Labute approximate surface area is 157 Å². The summed E-state index contributed by atoms with van der Waals surface area (Å²) in [5.41, 5.74) is 5.81. The van der Waals surface area contributed by atoms with Crippen molar-refractivity contribution in [2.45, 2.75) is 37.7 Å². The predicted octanol–water partition coefficient (Wildman–Crippen LogP) is 4.35. The van der Waals surface area contributed by atoms with Crippen molar-refractivity contribution < 1.29 is 13.9 Å². The lowest BCUT2D eigenvalue weighted by Gasteiger charge is -2.02. The topological polar surface area (TPSA) is 90.1 Å². The van der Waals surface area contributed by atoms with Gasteiger partial charge in [0.1, 0.15) is 16.9 Å². The lowest BCUT2D eigenvalue weighted by atomic mass is 10.1. The Kier molecular flexibility index (Phi) is 5.98. The van der Waals surface area contributed by atoms with Crippen molar-refractivity contribution in [3.05, 3.63) is 39.1 Å². The standard InChI is InChI=1S/C9H8BrF.C7H10N4O2S/c10-7-2-1-3-8(11)9(7)6-4-5-6;8-6(12)9-7-11-10-5(14-7)4-2-1-3-13-4/h1-3,6H,4-5H2;4H,1-3H2,(H3,8,9,11,12). The number of rotatable bonds is 3. The Hall–Kier alpha value is -1.58. The number of hydrogen-bond donors (Lipinski definition) is 2. The SMILES string of the molecule is Fc1cccc(Br)c1C1CC1.NC(=O)Nc1nnc(C2CCCO2)s1. The second-order valence-corrected chi connectivity index (χ2v) is 7.71. The Morgan fingerprint density at radius 2 is 2.16 bits per heavy atom. The number of halogens is 2. The number of primary amides is 1. The summed E-state index contributed by atoms with van der Waals surface area (Å²) in [6.07, 6.45) is 4.32. The molecule has 4 rings (SSSR count). The Morgan fingerprint density at radius 1 is 1.36 bits per heavy atom. The summed E-state index contributed by atoms with van der Waals surface area (Å²) in [7, 11) is 0. The molecule has 3 N–H and O–H groups in total. The van der Waals surface area contributed by atoms with Gasteiger partial charge in [-0.3, -0.25) is 5.32 Å². The van der Waals surface area contributed by atoms with Crippen LogP contribution >= 0.6 is 27.3 Å². The van der Waals surface area contributed by atoms with E-state index in [1.165, 1.54) is 17.4 Å². The number of hydrogen-bond acceptors (Lipinski definition) is 5. The zero-order valence-electron chi connectivity index (χ0n) is 13.4. The fraction of sp³-hybridized carbons (Fsp3) is 0.438. The molecule has 1 aromatic carbocycles. The minimum Gasteiger partial charge on any atom is -0.371 e. The van der Waals surface area contributed by atoms with Gasteiger partial charge in [0.05, 0.1) is 0 Å². The number of carbonyl (C=O) groups excluding carboxylic acids is 1. The number of aromatic nitrogens is 2. The minimum atomic E-state index is -0.625. The van der Waals surface area contributed by atoms with Crippen LogP contribution in [0.4, 0.5) is 14.3 Å². The largest absolute Gasteiger partial charge is 0.371 e. The van der Waals surface area contributed by atoms with Crippen molar-refractivity contribution in [1.29, 1.82) is 0 Å². The van der Waals surface area contributed by atoms with E-state index in [-0.39, 0.29) is 11.9 Å². The summed E-state index contributed by atoms with van der Waals surface area (Å²) in [6.45, 7) is 0.767. The summed E-state index contributed by atoms with van der Waals surface area (Å²) >= 11 is 4.65. The summed E-state index contributed by atoms with van der Waals surface area (Å²) in [5, 5.41) is 11.3.